The van der Waals surface area contributed by atoms with Crippen LogP contribution >= 0.6 is 0 Å². The van der Waals surface area contributed by atoms with Gasteiger partial charge in [0.05, 0.1) is 13.7 Å². The van der Waals surface area contributed by atoms with Crippen molar-refractivity contribution in [3.63, 3.8) is 0 Å². The Hall–Kier alpha value is -3.36. The summed E-state index contributed by atoms with van der Waals surface area (Å²) in [6.45, 7) is 6.70. The van der Waals surface area contributed by atoms with Gasteiger partial charge >= 0.3 is 6.09 Å². The fourth-order valence-electron chi connectivity index (χ4n) is 4.51. The molecule has 4 amide bonds. The summed E-state index contributed by atoms with van der Waals surface area (Å²) in [5.74, 6) is -0.389. The zero-order valence-corrected chi connectivity index (χ0v) is 19.4. The number of hydrogen-bond acceptors (Lipinski definition) is 6. The molecule has 0 aromatic heterocycles. The minimum absolute atomic E-state index is 0.208. The van der Waals surface area contributed by atoms with Crippen molar-refractivity contribution in [2.24, 2.45) is 0 Å². The van der Waals surface area contributed by atoms with Gasteiger partial charge in [-0.05, 0) is 45.3 Å². The summed E-state index contributed by atoms with van der Waals surface area (Å²) in [5, 5.41) is 2.32. The predicted molar refractivity (Wildman–Crippen MR) is 119 cm³/mol. The van der Waals surface area contributed by atoms with E-state index in [2.05, 4.69) is 5.32 Å². The number of carbonyl (C=O) groups is 4. The molecular weight excluding hydrogens is 426 g/mol. The van der Waals surface area contributed by atoms with Crippen LogP contribution < -0.4 is 10.1 Å². The molecule has 1 fully saturated rings. The van der Waals surface area contributed by atoms with Crippen LogP contribution in [0.4, 0.5) is 4.79 Å². The number of methoxy groups -OCH3 is 1. The standard InChI is InChI=1S/C24H29N3O6/c1-24(2,3)33-23(31)26-11-9-14(10-12-26)15-5-6-16-17(20(15)32-4)13-27(22(16)30)18-7-8-19(28)25-21(18)29/h5-6,9,18H,7-8,10-13H2,1-4H3,(H,25,28,29). The Morgan fingerprint density at radius 2 is 1.85 bits per heavy atom. The summed E-state index contributed by atoms with van der Waals surface area (Å²) in [7, 11) is 1.56. The lowest BCUT2D eigenvalue weighted by atomic mass is 9.94. The topological polar surface area (TPSA) is 105 Å². The van der Waals surface area contributed by atoms with E-state index in [-0.39, 0.29) is 30.9 Å². The highest BCUT2D eigenvalue weighted by Crippen LogP contribution is 2.40. The van der Waals surface area contributed by atoms with Gasteiger partial charge in [-0.3, -0.25) is 19.7 Å². The Bertz CT molecular complexity index is 1060. The van der Waals surface area contributed by atoms with Crippen LogP contribution in [-0.4, -0.2) is 65.5 Å². The first kappa shape index (κ1) is 22.8. The van der Waals surface area contributed by atoms with Crippen molar-refractivity contribution >= 4 is 29.4 Å². The van der Waals surface area contributed by atoms with E-state index in [0.717, 1.165) is 16.7 Å². The minimum Gasteiger partial charge on any atom is -0.496 e. The molecule has 176 valence electrons. The molecule has 3 aliphatic heterocycles. The molecular formula is C24H29N3O6. The Kier molecular flexibility index (Phi) is 5.90. The third-order valence-electron chi connectivity index (χ3n) is 6.08. The molecule has 4 rings (SSSR count). The smallest absolute Gasteiger partial charge is 0.410 e. The number of fused-ring (bicyclic) bond motifs is 1. The molecule has 0 spiro atoms. The molecule has 0 radical (unpaired) electrons. The first-order valence-electron chi connectivity index (χ1n) is 11.1. The van der Waals surface area contributed by atoms with Crippen LogP contribution in [-0.2, 0) is 20.9 Å². The quantitative estimate of drug-likeness (QED) is 0.702. The number of rotatable bonds is 3. The van der Waals surface area contributed by atoms with Crippen molar-refractivity contribution < 1.29 is 28.7 Å². The van der Waals surface area contributed by atoms with Crippen LogP contribution in [0.25, 0.3) is 5.57 Å². The number of benzene rings is 1. The largest absolute Gasteiger partial charge is 0.496 e. The molecule has 0 bridgehead atoms. The van der Waals surface area contributed by atoms with E-state index in [1.54, 1.807) is 18.1 Å². The van der Waals surface area contributed by atoms with E-state index >= 15 is 0 Å². The van der Waals surface area contributed by atoms with Crippen LogP contribution in [0, 0.1) is 0 Å². The molecule has 1 unspecified atom stereocenters. The second-order valence-electron chi connectivity index (χ2n) is 9.48. The molecule has 1 aromatic carbocycles. The second-order valence-corrected chi connectivity index (χ2v) is 9.48. The van der Waals surface area contributed by atoms with Gasteiger partial charge < -0.3 is 19.3 Å². The molecule has 0 saturated carbocycles. The van der Waals surface area contributed by atoms with Crippen molar-refractivity contribution in [3.05, 3.63) is 34.9 Å². The van der Waals surface area contributed by atoms with Gasteiger partial charge in [0.15, 0.2) is 0 Å². The lowest BCUT2D eigenvalue weighted by Gasteiger charge is -2.30. The van der Waals surface area contributed by atoms with Crippen molar-refractivity contribution in [2.75, 3.05) is 20.2 Å². The van der Waals surface area contributed by atoms with Crippen LogP contribution in [0.5, 0.6) is 5.75 Å². The molecule has 1 saturated heterocycles. The third-order valence-corrected chi connectivity index (χ3v) is 6.08. The van der Waals surface area contributed by atoms with E-state index in [4.69, 9.17) is 9.47 Å². The molecule has 33 heavy (non-hydrogen) atoms. The second kappa shape index (κ2) is 8.53. The van der Waals surface area contributed by atoms with Gasteiger partial charge in [0.1, 0.15) is 17.4 Å². The highest BCUT2D eigenvalue weighted by atomic mass is 16.6. The SMILES string of the molecule is COc1c(C2=CCN(C(=O)OC(C)(C)C)CC2)ccc2c1CN(C1CCC(=O)NC1=O)C2=O. The average molecular weight is 456 g/mol. The summed E-state index contributed by atoms with van der Waals surface area (Å²) in [6.07, 6.45) is 2.78. The number of ether oxygens (including phenoxy) is 2. The number of imide groups is 1. The predicted octanol–water partition coefficient (Wildman–Crippen LogP) is 2.48. The van der Waals surface area contributed by atoms with Crippen molar-refractivity contribution in [2.45, 2.75) is 58.2 Å². The zero-order chi connectivity index (χ0) is 23.9. The Morgan fingerprint density at radius 1 is 1.12 bits per heavy atom. The molecule has 9 heteroatoms. The Balaban J connectivity index is 1.55. The highest BCUT2D eigenvalue weighted by molar-refractivity contribution is 6.06. The van der Waals surface area contributed by atoms with E-state index in [9.17, 15) is 19.2 Å². The summed E-state index contributed by atoms with van der Waals surface area (Å²) in [4.78, 5) is 52.4. The Morgan fingerprint density at radius 3 is 2.45 bits per heavy atom. The maximum atomic E-state index is 13.0. The first-order chi connectivity index (χ1) is 15.6. The fraction of sp³-hybridized carbons (Fsp3) is 0.500. The van der Waals surface area contributed by atoms with E-state index in [1.165, 1.54) is 4.90 Å². The highest BCUT2D eigenvalue weighted by Gasteiger charge is 2.41. The first-order valence-corrected chi connectivity index (χ1v) is 11.1. The number of amides is 4. The van der Waals surface area contributed by atoms with Crippen molar-refractivity contribution in [1.82, 2.24) is 15.1 Å². The van der Waals surface area contributed by atoms with Gasteiger partial charge in [0, 0.05) is 36.2 Å². The van der Waals surface area contributed by atoms with E-state index in [0.29, 0.717) is 37.2 Å². The molecule has 3 aliphatic rings. The number of hydrogen-bond donors (Lipinski definition) is 1. The fourth-order valence-corrected chi connectivity index (χ4v) is 4.51. The molecule has 3 heterocycles. The molecule has 1 aromatic rings. The molecule has 1 N–H and O–H groups in total. The third kappa shape index (κ3) is 4.44. The Labute approximate surface area is 192 Å². The van der Waals surface area contributed by atoms with Gasteiger partial charge in [0.2, 0.25) is 11.8 Å². The number of carbonyl (C=O) groups excluding carboxylic acids is 4. The van der Waals surface area contributed by atoms with Gasteiger partial charge in [-0.25, -0.2) is 4.79 Å². The van der Waals surface area contributed by atoms with Gasteiger partial charge in [0.25, 0.3) is 5.91 Å². The van der Waals surface area contributed by atoms with E-state index < -0.39 is 17.6 Å². The van der Waals surface area contributed by atoms with Crippen molar-refractivity contribution in [1.29, 1.82) is 0 Å². The zero-order valence-electron chi connectivity index (χ0n) is 19.4. The van der Waals surface area contributed by atoms with Crippen LogP contribution in [0.2, 0.25) is 0 Å². The maximum absolute atomic E-state index is 13.0. The molecule has 9 nitrogen and oxygen atoms in total. The van der Waals surface area contributed by atoms with Gasteiger partial charge in [-0.2, -0.15) is 0 Å². The summed E-state index contributed by atoms with van der Waals surface area (Å²) < 4.78 is 11.2. The van der Waals surface area contributed by atoms with E-state index in [1.807, 2.05) is 32.9 Å². The lowest BCUT2D eigenvalue weighted by Crippen LogP contribution is -2.52. The lowest BCUT2D eigenvalue weighted by molar-refractivity contribution is -0.136. The average Bonchev–Trinajstić information content (AvgIpc) is 3.08. The van der Waals surface area contributed by atoms with Crippen molar-refractivity contribution in [3.8, 4) is 5.75 Å². The maximum Gasteiger partial charge on any atom is 0.410 e. The summed E-state index contributed by atoms with van der Waals surface area (Å²) in [6, 6.07) is 2.95. The summed E-state index contributed by atoms with van der Waals surface area (Å²) in [5.41, 5.74) is 2.59. The van der Waals surface area contributed by atoms with Crippen LogP contribution in [0.1, 0.15) is 61.5 Å². The summed E-state index contributed by atoms with van der Waals surface area (Å²) >= 11 is 0. The molecule has 0 aliphatic carbocycles. The minimum atomic E-state index is -0.674. The van der Waals surface area contributed by atoms with Crippen LogP contribution in [0.15, 0.2) is 18.2 Å². The van der Waals surface area contributed by atoms with Gasteiger partial charge in [-0.15, -0.1) is 0 Å². The number of nitrogens with one attached hydrogen (secondary N) is 1. The number of nitrogens with zero attached hydrogens (tertiary/aromatic N) is 2. The monoisotopic (exact) mass is 455 g/mol. The van der Waals surface area contributed by atoms with Crippen LogP contribution in [0.3, 0.4) is 0 Å². The van der Waals surface area contributed by atoms with Gasteiger partial charge in [-0.1, -0.05) is 12.1 Å². The number of piperidine rings is 1. The normalized spacial score (nSPS) is 20.9. The molecule has 1 atom stereocenters.